The Balaban J connectivity index is 2.30. The number of amides is 3. The molecule has 0 aliphatic carbocycles. The molecule has 3 amide bonds. The van der Waals surface area contributed by atoms with Gasteiger partial charge in [-0.1, -0.05) is 0 Å². The summed E-state index contributed by atoms with van der Waals surface area (Å²) < 4.78 is 0. The molecule has 8 nitrogen and oxygen atoms in total. The van der Waals surface area contributed by atoms with Crippen LogP contribution in [0.2, 0.25) is 0 Å². The van der Waals surface area contributed by atoms with Gasteiger partial charge in [0.25, 0.3) is 11.6 Å². The molecule has 1 heterocycles. The summed E-state index contributed by atoms with van der Waals surface area (Å²) in [5.74, 6) is -1.61. The standard InChI is InChI=1S/C13H11N3O5/c1-8(17)15-7-12(18)14-11(13(15)19)6-9-2-4-10(5-3-9)16(20)21/h2-6H,7H2,1H3,(H,14,18). The zero-order valence-corrected chi connectivity index (χ0v) is 11.0. The molecular formula is C13H11N3O5. The van der Waals surface area contributed by atoms with Gasteiger partial charge in [0.15, 0.2) is 0 Å². The zero-order chi connectivity index (χ0) is 15.6. The van der Waals surface area contributed by atoms with Crippen LogP contribution in [0.1, 0.15) is 12.5 Å². The normalized spacial score (nSPS) is 16.8. The fourth-order valence-corrected chi connectivity index (χ4v) is 1.82. The lowest BCUT2D eigenvalue weighted by molar-refractivity contribution is -0.384. The van der Waals surface area contributed by atoms with Gasteiger partial charge < -0.3 is 5.32 Å². The number of hydrogen-bond acceptors (Lipinski definition) is 5. The first kappa shape index (κ1) is 14.4. The number of non-ortho nitro benzene ring substituents is 1. The van der Waals surface area contributed by atoms with Crippen molar-refractivity contribution >= 4 is 29.5 Å². The van der Waals surface area contributed by atoms with E-state index in [1.165, 1.54) is 37.3 Å². The summed E-state index contributed by atoms with van der Waals surface area (Å²) in [5.41, 5.74) is 0.367. The molecule has 1 N–H and O–H groups in total. The molecule has 8 heteroatoms. The average Bonchev–Trinajstić information content (AvgIpc) is 2.42. The third kappa shape index (κ3) is 3.11. The quantitative estimate of drug-likeness (QED) is 0.482. The largest absolute Gasteiger partial charge is 0.320 e. The molecule has 0 atom stereocenters. The molecular weight excluding hydrogens is 278 g/mol. The Kier molecular flexibility index (Phi) is 3.79. The van der Waals surface area contributed by atoms with E-state index in [0.29, 0.717) is 5.56 Å². The predicted octanol–water partition coefficient (Wildman–Crippen LogP) is 0.441. The number of nitrogens with zero attached hydrogens (tertiary/aromatic N) is 2. The molecule has 0 unspecified atom stereocenters. The maximum absolute atomic E-state index is 12.0. The Labute approximate surface area is 119 Å². The molecule has 21 heavy (non-hydrogen) atoms. The monoisotopic (exact) mass is 289 g/mol. The van der Waals surface area contributed by atoms with E-state index < -0.39 is 22.6 Å². The van der Waals surface area contributed by atoms with Crippen LogP contribution in [-0.2, 0) is 14.4 Å². The van der Waals surface area contributed by atoms with E-state index in [2.05, 4.69) is 5.32 Å². The topological polar surface area (TPSA) is 110 Å². The minimum absolute atomic E-state index is 0.0460. The first-order valence-corrected chi connectivity index (χ1v) is 5.97. The molecule has 1 aliphatic rings. The number of nitro groups is 1. The van der Waals surface area contributed by atoms with Crippen LogP contribution in [0.4, 0.5) is 5.69 Å². The predicted molar refractivity (Wildman–Crippen MR) is 71.6 cm³/mol. The second-order valence-corrected chi connectivity index (χ2v) is 4.37. The van der Waals surface area contributed by atoms with Gasteiger partial charge in [0.1, 0.15) is 12.2 Å². The lowest BCUT2D eigenvalue weighted by Gasteiger charge is -2.25. The van der Waals surface area contributed by atoms with Crippen molar-refractivity contribution in [3.8, 4) is 0 Å². The third-order valence-corrected chi connectivity index (χ3v) is 2.85. The van der Waals surface area contributed by atoms with Crippen LogP contribution in [0.15, 0.2) is 30.0 Å². The second kappa shape index (κ2) is 5.53. The van der Waals surface area contributed by atoms with E-state index in [1.54, 1.807) is 0 Å². The van der Waals surface area contributed by atoms with Gasteiger partial charge >= 0.3 is 0 Å². The maximum Gasteiger partial charge on any atom is 0.277 e. The summed E-state index contributed by atoms with van der Waals surface area (Å²) in [7, 11) is 0. The van der Waals surface area contributed by atoms with Crippen molar-refractivity contribution < 1.29 is 19.3 Å². The van der Waals surface area contributed by atoms with E-state index in [4.69, 9.17) is 0 Å². The van der Waals surface area contributed by atoms with Gasteiger partial charge in [-0.05, 0) is 23.8 Å². The zero-order valence-electron chi connectivity index (χ0n) is 11.0. The van der Waals surface area contributed by atoms with Crippen LogP contribution in [0, 0.1) is 10.1 Å². The molecule has 0 bridgehead atoms. The minimum atomic E-state index is -0.611. The molecule has 1 aromatic carbocycles. The summed E-state index contributed by atoms with van der Waals surface area (Å²) in [6, 6.07) is 5.45. The van der Waals surface area contributed by atoms with Crippen molar-refractivity contribution in [1.82, 2.24) is 10.2 Å². The molecule has 2 rings (SSSR count). The van der Waals surface area contributed by atoms with Gasteiger partial charge in [-0.3, -0.25) is 29.4 Å². The first-order chi connectivity index (χ1) is 9.88. The molecule has 0 aromatic heterocycles. The van der Waals surface area contributed by atoms with Crippen LogP contribution in [0.5, 0.6) is 0 Å². The van der Waals surface area contributed by atoms with Gasteiger partial charge in [0.05, 0.1) is 4.92 Å². The number of carbonyl (C=O) groups excluding carboxylic acids is 3. The number of nitrogens with one attached hydrogen (secondary N) is 1. The van der Waals surface area contributed by atoms with Crippen LogP contribution in [0.3, 0.4) is 0 Å². The Morgan fingerprint density at radius 3 is 2.48 bits per heavy atom. The summed E-state index contributed by atoms with van der Waals surface area (Å²) in [5, 5.41) is 12.9. The minimum Gasteiger partial charge on any atom is -0.320 e. The van der Waals surface area contributed by atoms with Gasteiger partial charge in [-0.2, -0.15) is 0 Å². The summed E-state index contributed by atoms with van der Waals surface area (Å²) >= 11 is 0. The highest BCUT2D eigenvalue weighted by Gasteiger charge is 2.30. The SMILES string of the molecule is CC(=O)N1CC(=O)NC(=Cc2ccc([N+](=O)[O-])cc2)C1=O. The Morgan fingerprint density at radius 2 is 1.95 bits per heavy atom. The molecule has 1 aliphatic heterocycles. The fraction of sp³-hybridized carbons (Fsp3) is 0.154. The summed E-state index contributed by atoms with van der Waals surface area (Å²) in [6.07, 6.45) is 1.36. The van der Waals surface area contributed by atoms with Gasteiger partial charge in [0.2, 0.25) is 11.8 Å². The second-order valence-electron chi connectivity index (χ2n) is 4.37. The lowest BCUT2D eigenvalue weighted by atomic mass is 10.1. The Bertz CT molecular complexity index is 663. The van der Waals surface area contributed by atoms with Crippen LogP contribution in [-0.4, -0.2) is 34.1 Å². The maximum atomic E-state index is 12.0. The van der Waals surface area contributed by atoms with Crippen molar-refractivity contribution in [2.75, 3.05) is 6.54 Å². The van der Waals surface area contributed by atoms with Crippen molar-refractivity contribution in [1.29, 1.82) is 0 Å². The molecule has 0 radical (unpaired) electrons. The van der Waals surface area contributed by atoms with E-state index >= 15 is 0 Å². The molecule has 0 spiro atoms. The Morgan fingerprint density at radius 1 is 1.33 bits per heavy atom. The van der Waals surface area contributed by atoms with Crippen molar-refractivity contribution in [2.45, 2.75) is 6.92 Å². The number of piperazine rings is 1. The highest BCUT2D eigenvalue weighted by molar-refractivity contribution is 6.12. The van der Waals surface area contributed by atoms with Crippen molar-refractivity contribution in [3.05, 3.63) is 45.6 Å². The van der Waals surface area contributed by atoms with Gasteiger partial charge in [-0.25, -0.2) is 0 Å². The van der Waals surface area contributed by atoms with E-state index in [9.17, 15) is 24.5 Å². The smallest absolute Gasteiger partial charge is 0.277 e. The highest BCUT2D eigenvalue weighted by Crippen LogP contribution is 2.15. The average molecular weight is 289 g/mol. The molecule has 108 valence electrons. The number of benzene rings is 1. The number of nitro benzene ring substituents is 1. The number of rotatable bonds is 2. The number of carbonyl (C=O) groups is 3. The lowest BCUT2D eigenvalue weighted by Crippen LogP contribution is -2.51. The summed E-state index contributed by atoms with van der Waals surface area (Å²) in [6.45, 7) is 0.881. The third-order valence-electron chi connectivity index (χ3n) is 2.85. The van der Waals surface area contributed by atoms with Gasteiger partial charge in [0, 0.05) is 19.1 Å². The van der Waals surface area contributed by atoms with Crippen molar-refractivity contribution in [2.24, 2.45) is 0 Å². The van der Waals surface area contributed by atoms with Gasteiger partial charge in [-0.15, -0.1) is 0 Å². The Hall–Kier alpha value is -3.03. The molecule has 0 saturated carbocycles. The molecule has 1 aromatic rings. The number of imide groups is 1. The highest BCUT2D eigenvalue weighted by atomic mass is 16.6. The molecule has 1 fully saturated rings. The van der Waals surface area contributed by atoms with Crippen molar-refractivity contribution in [3.63, 3.8) is 0 Å². The fourth-order valence-electron chi connectivity index (χ4n) is 1.82. The van der Waals surface area contributed by atoms with Crippen LogP contribution in [0.25, 0.3) is 6.08 Å². The molecule has 1 saturated heterocycles. The van der Waals surface area contributed by atoms with Crippen LogP contribution >= 0.6 is 0 Å². The van der Waals surface area contributed by atoms with Crippen LogP contribution < -0.4 is 5.32 Å². The summed E-state index contributed by atoms with van der Waals surface area (Å²) in [4.78, 5) is 45.6. The number of hydrogen-bond donors (Lipinski definition) is 1. The van der Waals surface area contributed by atoms with E-state index in [-0.39, 0.29) is 17.9 Å². The first-order valence-electron chi connectivity index (χ1n) is 5.97. The van der Waals surface area contributed by atoms with E-state index in [1.807, 2.05) is 0 Å². The van der Waals surface area contributed by atoms with E-state index in [0.717, 1.165) is 4.90 Å².